The Morgan fingerprint density at radius 1 is 1.27 bits per heavy atom. The maximum atomic E-state index is 5.70. The molecule has 15 heavy (non-hydrogen) atoms. The van der Waals surface area contributed by atoms with Crippen molar-refractivity contribution in [2.45, 2.75) is 20.8 Å². The van der Waals surface area contributed by atoms with Gasteiger partial charge in [0.25, 0.3) is 0 Å². The van der Waals surface area contributed by atoms with Crippen LogP contribution in [0.5, 0.6) is 5.75 Å². The number of hydrogen-bond acceptors (Lipinski definition) is 2. The quantitative estimate of drug-likeness (QED) is 0.766. The summed E-state index contributed by atoms with van der Waals surface area (Å²) in [5, 5.41) is 0. The molecule has 0 aliphatic carbocycles. The third-order valence-electron chi connectivity index (χ3n) is 2.31. The molecule has 2 N–H and O–H groups in total. The highest BCUT2D eigenvalue weighted by molar-refractivity contribution is 5.43. The Morgan fingerprint density at radius 3 is 2.27 bits per heavy atom. The highest BCUT2D eigenvalue weighted by Gasteiger charge is 2.05. The maximum Gasteiger partial charge on any atom is 0.125 e. The molecule has 0 saturated carbocycles. The van der Waals surface area contributed by atoms with Crippen LogP contribution < -0.4 is 10.5 Å². The van der Waals surface area contributed by atoms with E-state index in [1.165, 1.54) is 5.56 Å². The lowest BCUT2D eigenvalue weighted by atomic mass is 10.1. The van der Waals surface area contributed by atoms with Crippen LogP contribution in [0.1, 0.15) is 16.7 Å². The van der Waals surface area contributed by atoms with Crippen LogP contribution >= 0.6 is 0 Å². The highest BCUT2D eigenvalue weighted by atomic mass is 16.5. The van der Waals surface area contributed by atoms with Gasteiger partial charge in [-0.3, -0.25) is 0 Å². The zero-order valence-electron chi connectivity index (χ0n) is 9.76. The molecule has 82 valence electrons. The predicted octanol–water partition coefficient (Wildman–Crippen LogP) is 2.51. The molecule has 1 rings (SSSR count). The second kappa shape index (κ2) is 4.99. The summed E-state index contributed by atoms with van der Waals surface area (Å²) in [6.07, 6.45) is 0. The molecule has 0 spiro atoms. The smallest absolute Gasteiger partial charge is 0.125 e. The SMILES string of the molecule is C=C(CN)COc1c(C)cc(C)cc1C. The minimum absolute atomic E-state index is 0.476. The van der Waals surface area contributed by atoms with Gasteiger partial charge in [0.2, 0.25) is 0 Å². The first-order valence-electron chi connectivity index (χ1n) is 5.12. The van der Waals surface area contributed by atoms with Gasteiger partial charge in [-0.1, -0.05) is 24.3 Å². The monoisotopic (exact) mass is 205 g/mol. The highest BCUT2D eigenvalue weighted by Crippen LogP contribution is 2.24. The topological polar surface area (TPSA) is 35.2 Å². The Kier molecular flexibility index (Phi) is 3.92. The molecule has 2 nitrogen and oxygen atoms in total. The van der Waals surface area contributed by atoms with Crippen LogP contribution in [0.25, 0.3) is 0 Å². The van der Waals surface area contributed by atoms with Crippen molar-refractivity contribution in [3.8, 4) is 5.75 Å². The lowest BCUT2D eigenvalue weighted by molar-refractivity contribution is 0.346. The van der Waals surface area contributed by atoms with E-state index in [1.54, 1.807) is 0 Å². The first kappa shape index (κ1) is 11.8. The van der Waals surface area contributed by atoms with Gasteiger partial charge in [-0.25, -0.2) is 0 Å². The first-order valence-corrected chi connectivity index (χ1v) is 5.12. The Labute approximate surface area is 91.7 Å². The van der Waals surface area contributed by atoms with Crippen LogP contribution in [-0.4, -0.2) is 13.2 Å². The van der Waals surface area contributed by atoms with E-state index in [0.29, 0.717) is 13.2 Å². The summed E-state index contributed by atoms with van der Waals surface area (Å²) in [7, 11) is 0. The van der Waals surface area contributed by atoms with Crippen LogP contribution in [-0.2, 0) is 0 Å². The van der Waals surface area contributed by atoms with E-state index in [0.717, 1.165) is 22.4 Å². The van der Waals surface area contributed by atoms with Gasteiger partial charge >= 0.3 is 0 Å². The molecule has 0 aliphatic heterocycles. The molecule has 0 unspecified atom stereocenters. The fourth-order valence-electron chi connectivity index (χ4n) is 1.63. The molecule has 0 amide bonds. The predicted molar refractivity (Wildman–Crippen MR) is 64.3 cm³/mol. The maximum absolute atomic E-state index is 5.70. The molecule has 0 fully saturated rings. The van der Waals surface area contributed by atoms with Gasteiger partial charge in [0, 0.05) is 6.54 Å². The molecule has 0 aromatic heterocycles. The number of ether oxygens (including phenoxy) is 1. The van der Waals surface area contributed by atoms with E-state index in [-0.39, 0.29) is 0 Å². The molecule has 2 heteroatoms. The fraction of sp³-hybridized carbons (Fsp3) is 0.385. The van der Waals surface area contributed by atoms with Crippen molar-refractivity contribution in [1.82, 2.24) is 0 Å². The average molecular weight is 205 g/mol. The van der Waals surface area contributed by atoms with Gasteiger partial charge in [-0.2, -0.15) is 0 Å². The van der Waals surface area contributed by atoms with Crippen LogP contribution in [0.3, 0.4) is 0 Å². The first-order chi connectivity index (χ1) is 7.04. The van der Waals surface area contributed by atoms with E-state index in [2.05, 4.69) is 39.5 Å². The molecule has 0 aliphatic rings. The lowest BCUT2D eigenvalue weighted by Gasteiger charge is -2.13. The van der Waals surface area contributed by atoms with Crippen molar-refractivity contribution >= 4 is 0 Å². The Morgan fingerprint density at radius 2 is 1.80 bits per heavy atom. The van der Waals surface area contributed by atoms with Gasteiger partial charge in [0.15, 0.2) is 0 Å². The normalized spacial score (nSPS) is 10.1. The minimum atomic E-state index is 0.476. The zero-order chi connectivity index (χ0) is 11.4. The van der Waals surface area contributed by atoms with E-state index in [4.69, 9.17) is 10.5 Å². The fourth-order valence-corrected chi connectivity index (χ4v) is 1.63. The number of rotatable bonds is 4. The molecule has 0 atom stereocenters. The summed E-state index contributed by atoms with van der Waals surface area (Å²) in [6, 6.07) is 4.24. The Balaban J connectivity index is 2.81. The molecule has 0 radical (unpaired) electrons. The molecular formula is C13H19NO. The molecular weight excluding hydrogens is 186 g/mol. The van der Waals surface area contributed by atoms with Crippen molar-refractivity contribution < 1.29 is 4.74 Å². The molecule has 0 saturated heterocycles. The van der Waals surface area contributed by atoms with Crippen molar-refractivity contribution in [3.63, 3.8) is 0 Å². The van der Waals surface area contributed by atoms with Crippen LogP contribution in [0.15, 0.2) is 24.3 Å². The molecule has 1 aromatic rings. The van der Waals surface area contributed by atoms with Crippen LogP contribution in [0.2, 0.25) is 0 Å². The third-order valence-corrected chi connectivity index (χ3v) is 2.31. The minimum Gasteiger partial charge on any atom is -0.489 e. The molecule has 0 bridgehead atoms. The number of benzene rings is 1. The summed E-state index contributed by atoms with van der Waals surface area (Å²) < 4.78 is 5.70. The van der Waals surface area contributed by atoms with Gasteiger partial charge in [-0.15, -0.1) is 0 Å². The van der Waals surface area contributed by atoms with Gasteiger partial charge < -0.3 is 10.5 Å². The van der Waals surface area contributed by atoms with Crippen molar-refractivity contribution in [3.05, 3.63) is 41.0 Å². The average Bonchev–Trinajstić information content (AvgIpc) is 2.15. The van der Waals surface area contributed by atoms with Gasteiger partial charge in [0.05, 0.1) is 0 Å². The summed E-state index contributed by atoms with van der Waals surface area (Å²) >= 11 is 0. The number of aryl methyl sites for hydroxylation is 3. The Bertz CT molecular complexity index is 346. The van der Waals surface area contributed by atoms with E-state index >= 15 is 0 Å². The third kappa shape index (κ3) is 3.10. The largest absolute Gasteiger partial charge is 0.489 e. The van der Waals surface area contributed by atoms with Crippen molar-refractivity contribution in [2.24, 2.45) is 5.73 Å². The number of nitrogens with two attached hydrogens (primary N) is 1. The summed E-state index contributed by atoms with van der Waals surface area (Å²) in [5.74, 6) is 0.954. The number of hydrogen-bond donors (Lipinski definition) is 1. The van der Waals surface area contributed by atoms with Gasteiger partial charge in [-0.05, 0) is 37.5 Å². The van der Waals surface area contributed by atoms with Crippen molar-refractivity contribution in [2.75, 3.05) is 13.2 Å². The summed E-state index contributed by atoms with van der Waals surface area (Å²) in [4.78, 5) is 0. The molecule has 0 heterocycles. The summed E-state index contributed by atoms with van der Waals surface area (Å²) in [6.45, 7) is 11.0. The Hall–Kier alpha value is -1.28. The van der Waals surface area contributed by atoms with E-state index in [9.17, 15) is 0 Å². The summed E-state index contributed by atoms with van der Waals surface area (Å²) in [5.41, 5.74) is 9.96. The zero-order valence-corrected chi connectivity index (χ0v) is 9.76. The van der Waals surface area contributed by atoms with Crippen LogP contribution in [0, 0.1) is 20.8 Å². The van der Waals surface area contributed by atoms with E-state index < -0.39 is 0 Å². The second-order valence-corrected chi connectivity index (χ2v) is 3.97. The standard InChI is InChI=1S/C13H19NO/c1-9-5-11(3)13(12(4)6-9)15-8-10(2)7-14/h5-6H,2,7-8,14H2,1,3-4H3. The van der Waals surface area contributed by atoms with E-state index in [1.807, 2.05) is 0 Å². The molecule has 1 aromatic carbocycles. The van der Waals surface area contributed by atoms with Crippen molar-refractivity contribution in [1.29, 1.82) is 0 Å². The van der Waals surface area contributed by atoms with Crippen LogP contribution in [0.4, 0.5) is 0 Å². The second-order valence-electron chi connectivity index (χ2n) is 3.97. The van der Waals surface area contributed by atoms with Gasteiger partial charge in [0.1, 0.15) is 12.4 Å². The lowest BCUT2D eigenvalue weighted by Crippen LogP contribution is -2.10.